The lowest BCUT2D eigenvalue weighted by atomic mass is 9.87. The highest BCUT2D eigenvalue weighted by Gasteiger charge is 2.36. The van der Waals surface area contributed by atoms with Gasteiger partial charge in [0.15, 0.2) is 0 Å². The molecule has 1 aromatic rings. The maximum Gasteiger partial charge on any atom is 0.234 e. The van der Waals surface area contributed by atoms with Gasteiger partial charge in [-0.2, -0.15) is 0 Å². The van der Waals surface area contributed by atoms with Crippen molar-refractivity contribution in [2.24, 2.45) is 0 Å². The van der Waals surface area contributed by atoms with Crippen molar-refractivity contribution in [2.75, 3.05) is 26.9 Å². The van der Waals surface area contributed by atoms with E-state index in [9.17, 15) is 4.79 Å². The molecular formula is C18H26N2O3. The Balaban J connectivity index is 1.60. The van der Waals surface area contributed by atoms with Crippen LogP contribution in [0.5, 0.6) is 5.75 Å². The van der Waals surface area contributed by atoms with Crippen molar-refractivity contribution < 1.29 is 14.3 Å². The van der Waals surface area contributed by atoms with Gasteiger partial charge in [0.2, 0.25) is 5.91 Å². The molecule has 1 aromatic carbocycles. The number of fused-ring (bicyclic) bond motifs is 1. The van der Waals surface area contributed by atoms with Crippen LogP contribution < -0.4 is 10.1 Å². The zero-order valence-electron chi connectivity index (χ0n) is 13.8. The van der Waals surface area contributed by atoms with Crippen LogP contribution in [0.3, 0.4) is 0 Å². The molecule has 2 fully saturated rings. The second-order valence-electron chi connectivity index (χ2n) is 6.42. The number of benzene rings is 1. The highest BCUT2D eigenvalue weighted by molar-refractivity contribution is 5.79. The van der Waals surface area contributed by atoms with Gasteiger partial charge < -0.3 is 14.8 Å². The van der Waals surface area contributed by atoms with Crippen molar-refractivity contribution in [2.45, 2.75) is 44.3 Å². The molecule has 1 aliphatic carbocycles. The van der Waals surface area contributed by atoms with E-state index in [4.69, 9.17) is 9.47 Å². The van der Waals surface area contributed by atoms with E-state index < -0.39 is 0 Å². The lowest BCUT2D eigenvalue weighted by Crippen LogP contribution is -2.61. The number of carbonyl (C=O) groups is 1. The molecule has 1 heterocycles. The van der Waals surface area contributed by atoms with Gasteiger partial charge in [0.05, 0.1) is 13.2 Å². The quantitative estimate of drug-likeness (QED) is 0.815. The molecule has 0 bridgehead atoms. The van der Waals surface area contributed by atoms with Crippen LogP contribution in [0.2, 0.25) is 0 Å². The Labute approximate surface area is 137 Å². The fourth-order valence-corrected chi connectivity index (χ4v) is 3.61. The van der Waals surface area contributed by atoms with Crippen LogP contribution in [0.1, 0.15) is 31.2 Å². The number of ether oxygens (including phenoxy) is 2. The number of hydrogen-bond donors (Lipinski definition) is 1. The zero-order valence-corrected chi connectivity index (χ0v) is 13.8. The van der Waals surface area contributed by atoms with E-state index in [1.165, 1.54) is 24.8 Å². The Bertz CT molecular complexity index is 518. The summed E-state index contributed by atoms with van der Waals surface area (Å²) in [6, 6.07) is 8.99. The molecular weight excluding hydrogens is 292 g/mol. The van der Waals surface area contributed by atoms with Crippen LogP contribution in [0, 0.1) is 0 Å². The van der Waals surface area contributed by atoms with Gasteiger partial charge in [-0.25, -0.2) is 0 Å². The molecule has 0 unspecified atom stereocenters. The summed E-state index contributed by atoms with van der Waals surface area (Å²) in [6.07, 6.45) is 4.78. The topological polar surface area (TPSA) is 50.8 Å². The van der Waals surface area contributed by atoms with Gasteiger partial charge in [-0.1, -0.05) is 25.0 Å². The summed E-state index contributed by atoms with van der Waals surface area (Å²) in [4.78, 5) is 14.3. The van der Waals surface area contributed by atoms with Crippen molar-refractivity contribution in [1.29, 1.82) is 0 Å². The summed E-state index contributed by atoms with van der Waals surface area (Å²) < 4.78 is 10.6. The lowest BCUT2D eigenvalue weighted by Gasteiger charge is -2.44. The second kappa shape index (κ2) is 7.79. The monoisotopic (exact) mass is 318 g/mol. The Morgan fingerprint density at radius 2 is 1.96 bits per heavy atom. The summed E-state index contributed by atoms with van der Waals surface area (Å²) in [6.45, 7) is 2.49. The Morgan fingerprint density at radius 3 is 2.74 bits per heavy atom. The predicted octanol–water partition coefficient (Wildman–Crippen LogP) is 1.95. The van der Waals surface area contributed by atoms with Crippen LogP contribution >= 0.6 is 0 Å². The molecule has 3 rings (SSSR count). The van der Waals surface area contributed by atoms with Crippen molar-refractivity contribution in [3.05, 3.63) is 29.8 Å². The number of hydrogen-bond acceptors (Lipinski definition) is 4. The van der Waals surface area contributed by atoms with Crippen molar-refractivity contribution in [3.8, 4) is 5.75 Å². The van der Waals surface area contributed by atoms with Gasteiger partial charge in [-0.05, 0) is 30.5 Å². The van der Waals surface area contributed by atoms with E-state index in [1.807, 2.05) is 12.1 Å². The second-order valence-corrected chi connectivity index (χ2v) is 6.42. The summed E-state index contributed by atoms with van der Waals surface area (Å²) in [5.41, 5.74) is 1.23. The third kappa shape index (κ3) is 4.24. The van der Waals surface area contributed by atoms with Gasteiger partial charge in [0.1, 0.15) is 12.4 Å². The van der Waals surface area contributed by atoms with Crippen molar-refractivity contribution in [1.82, 2.24) is 10.2 Å². The van der Waals surface area contributed by atoms with Gasteiger partial charge in [0, 0.05) is 25.7 Å². The Hall–Kier alpha value is -1.59. The van der Waals surface area contributed by atoms with Crippen molar-refractivity contribution in [3.63, 3.8) is 0 Å². The number of carbonyl (C=O) groups excluding carboxylic acids is 1. The minimum atomic E-state index is 0.160. The molecule has 0 radical (unpaired) electrons. The molecule has 2 atom stereocenters. The molecule has 1 saturated carbocycles. The maximum absolute atomic E-state index is 11.9. The van der Waals surface area contributed by atoms with Gasteiger partial charge in [-0.3, -0.25) is 9.69 Å². The number of rotatable bonds is 6. The highest BCUT2D eigenvalue weighted by atomic mass is 16.5. The third-order valence-corrected chi connectivity index (χ3v) is 4.76. The molecule has 5 nitrogen and oxygen atoms in total. The average Bonchev–Trinajstić information content (AvgIpc) is 2.56. The van der Waals surface area contributed by atoms with E-state index in [0.717, 1.165) is 18.7 Å². The summed E-state index contributed by atoms with van der Waals surface area (Å²) in [5, 5.41) is 3.16. The first kappa shape index (κ1) is 16.3. The Morgan fingerprint density at radius 1 is 1.17 bits per heavy atom. The lowest BCUT2D eigenvalue weighted by molar-refractivity contribution is -0.128. The summed E-state index contributed by atoms with van der Waals surface area (Å²) in [5.74, 6) is 1.02. The first-order valence-electron chi connectivity index (χ1n) is 8.50. The molecule has 0 spiro atoms. The first-order valence-corrected chi connectivity index (χ1v) is 8.50. The van der Waals surface area contributed by atoms with Crippen LogP contribution in [0.25, 0.3) is 0 Å². The van der Waals surface area contributed by atoms with E-state index in [1.54, 1.807) is 7.11 Å². The van der Waals surface area contributed by atoms with E-state index in [0.29, 0.717) is 31.8 Å². The number of methoxy groups -OCH3 is 1. The average molecular weight is 318 g/mol. The molecule has 1 N–H and O–H groups in total. The van der Waals surface area contributed by atoms with Crippen LogP contribution in [-0.2, 0) is 16.1 Å². The number of nitrogens with one attached hydrogen (secondary N) is 1. The minimum Gasteiger partial charge on any atom is -0.491 e. The molecule has 23 heavy (non-hydrogen) atoms. The zero-order chi connectivity index (χ0) is 16.1. The van der Waals surface area contributed by atoms with Crippen LogP contribution in [0.4, 0.5) is 0 Å². The van der Waals surface area contributed by atoms with Gasteiger partial charge >= 0.3 is 0 Å². The largest absolute Gasteiger partial charge is 0.491 e. The minimum absolute atomic E-state index is 0.160. The Kier molecular flexibility index (Phi) is 5.51. The molecule has 5 heteroatoms. The molecule has 0 aromatic heterocycles. The van der Waals surface area contributed by atoms with E-state index in [-0.39, 0.29) is 5.91 Å². The highest BCUT2D eigenvalue weighted by Crippen LogP contribution is 2.27. The van der Waals surface area contributed by atoms with Gasteiger partial charge in [-0.15, -0.1) is 0 Å². The SMILES string of the molecule is COCCOc1ccc(CN2CC(=O)N[C@H]3CCCC[C@H]32)cc1. The molecule has 1 amide bonds. The van der Waals surface area contributed by atoms with Crippen molar-refractivity contribution >= 4 is 5.91 Å². The number of piperazine rings is 1. The van der Waals surface area contributed by atoms with Crippen LogP contribution in [0.15, 0.2) is 24.3 Å². The smallest absolute Gasteiger partial charge is 0.234 e. The first-order chi connectivity index (χ1) is 11.3. The fourth-order valence-electron chi connectivity index (χ4n) is 3.61. The maximum atomic E-state index is 11.9. The van der Waals surface area contributed by atoms with Crippen LogP contribution in [-0.4, -0.2) is 49.8 Å². The van der Waals surface area contributed by atoms with Gasteiger partial charge in [0.25, 0.3) is 0 Å². The molecule has 2 aliphatic rings. The summed E-state index contributed by atoms with van der Waals surface area (Å²) in [7, 11) is 1.67. The van der Waals surface area contributed by atoms with E-state index in [2.05, 4.69) is 22.3 Å². The molecule has 1 saturated heterocycles. The predicted molar refractivity (Wildman–Crippen MR) is 88.4 cm³/mol. The number of nitrogens with zero attached hydrogens (tertiary/aromatic N) is 1. The fraction of sp³-hybridized carbons (Fsp3) is 0.611. The number of amides is 1. The normalized spacial score (nSPS) is 24.8. The molecule has 1 aliphatic heterocycles. The standard InChI is InChI=1S/C18H26N2O3/c1-22-10-11-23-15-8-6-14(7-9-15)12-20-13-18(21)19-16-4-2-3-5-17(16)20/h6-9,16-17H,2-5,10-13H2,1H3,(H,19,21)/t16-,17+/m0/s1. The summed E-state index contributed by atoms with van der Waals surface area (Å²) >= 11 is 0. The van der Waals surface area contributed by atoms with E-state index >= 15 is 0 Å². The molecule has 126 valence electrons. The third-order valence-electron chi connectivity index (χ3n) is 4.76.